The highest BCUT2D eigenvalue weighted by molar-refractivity contribution is 6.16. The van der Waals surface area contributed by atoms with Gasteiger partial charge in [0.1, 0.15) is 11.5 Å². The summed E-state index contributed by atoms with van der Waals surface area (Å²) in [6.07, 6.45) is 3.87. The van der Waals surface area contributed by atoms with Gasteiger partial charge in [0.2, 0.25) is 5.91 Å². The summed E-state index contributed by atoms with van der Waals surface area (Å²) in [5.74, 6) is -1.60. The summed E-state index contributed by atoms with van der Waals surface area (Å²) in [6.45, 7) is 1.97. The zero-order chi connectivity index (χ0) is 26.7. The zero-order valence-electron chi connectivity index (χ0n) is 21.4. The molecular weight excluding hydrogens is 484 g/mol. The van der Waals surface area contributed by atoms with E-state index in [-0.39, 0.29) is 17.5 Å². The largest absolute Gasteiger partial charge is 0.358 e. The van der Waals surface area contributed by atoms with E-state index in [4.69, 9.17) is 0 Å². The van der Waals surface area contributed by atoms with E-state index >= 15 is 0 Å². The number of carbonyl (C=O) groups excluding carboxylic acids is 3. The lowest BCUT2D eigenvalue weighted by atomic mass is 9.62. The van der Waals surface area contributed by atoms with E-state index in [1.807, 2.05) is 103 Å². The number of benzene rings is 4. The maximum Gasteiger partial charge on any atom is 0.238 e. The molecule has 0 aliphatic carbocycles. The highest BCUT2D eigenvalue weighted by Crippen LogP contribution is 2.62. The first kappa shape index (κ1) is 23.4. The third kappa shape index (κ3) is 3.23. The number of anilines is 1. The average Bonchev–Trinajstić information content (AvgIpc) is 3.45. The Kier molecular flexibility index (Phi) is 5.17. The van der Waals surface area contributed by atoms with E-state index in [1.165, 1.54) is 0 Å². The summed E-state index contributed by atoms with van der Waals surface area (Å²) in [4.78, 5) is 45.5. The van der Waals surface area contributed by atoms with Crippen LogP contribution >= 0.6 is 0 Å². The Labute approximate surface area is 226 Å². The minimum Gasteiger partial charge on any atom is -0.358 e. The molecule has 3 aliphatic heterocycles. The van der Waals surface area contributed by atoms with Gasteiger partial charge >= 0.3 is 0 Å². The van der Waals surface area contributed by atoms with Gasteiger partial charge in [0.05, 0.1) is 12.0 Å². The van der Waals surface area contributed by atoms with Gasteiger partial charge in [-0.05, 0) is 35.8 Å². The van der Waals surface area contributed by atoms with Gasteiger partial charge in [-0.15, -0.1) is 0 Å². The Bertz CT molecular complexity index is 1670. The number of nitrogens with one attached hydrogen (secondary N) is 1. The first-order valence-corrected chi connectivity index (χ1v) is 13.2. The quantitative estimate of drug-likeness (QED) is 0.343. The van der Waals surface area contributed by atoms with Crippen LogP contribution in [0.1, 0.15) is 49.0 Å². The molecule has 4 atom stereocenters. The Balaban J connectivity index is 1.54. The van der Waals surface area contributed by atoms with Crippen molar-refractivity contribution in [2.75, 3.05) is 5.32 Å². The van der Waals surface area contributed by atoms with Crippen LogP contribution in [0.5, 0.6) is 0 Å². The molecule has 5 nitrogen and oxygen atoms in total. The summed E-state index contributed by atoms with van der Waals surface area (Å²) in [6, 6.07) is 30.6. The van der Waals surface area contributed by atoms with Crippen molar-refractivity contribution in [1.82, 2.24) is 4.90 Å². The van der Waals surface area contributed by atoms with Crippen LogP contribution in [0, 0.1) is 12.8 Å². The predicted molar refractivity (Wildman–Crippen MR) is 150 cm³/mol. The van der Waals surface area contributed by atoms with Crippen LogP contribution in [0.4, 0.5) is 5.69 Å². The number of fused-ring (bicyclic) bond motifs is 6. The number of para-hydroxylation sites is 1. The third-order valence-corrected chi connectivity index (χ3v) is 8.52. The fraction of sp³-hybridized carbons (Fsp3) is 0.147. The first-order chi connectivity index (χ1) is 19.0. The molecule has 39 heavy (non-hydrogen) atoms. The van der Waals surface area contributed by atoms with E-state index in [2.05, 4.69) is 5.32 Å². The molecular formula is C34H26N2O3. The number of ketones is 2. The zero-order valence-corrected chi connectivity index (χ0v) is 21.4. The highest BCUT2D eigenvalue weighted by Gasteiger charge is 2.70. The van der Waals surface area contributed by atoms with Gasteiger partial charge in [-0.1, -0.05) is 103 Å². The normalized spacial score (nSPS) is 24.2. The van der Waals surface area contributed by atoms with Crippen LogP contribution in [0.3, 0.4) is 0 Å². The molecule has 4 aromatic carbocycles. The molecule has 1 N–H and O–H groups in total. The van der Waals surface area contributed by atoms with Crippen molar-refractivity contribution < 1.29 is 14.4 Å². The van der Waals surface area contributed by atoms with Gasteiger partial charge in [-0.25, -0.2) is 0 Å². The summed E-state index contributed by atoms with van der Waals surface area (Å²) in [5.41, 5.74) is 4.07. The minimum absolute atomic E-state index is 0.177. The van der Waals surface area contributed by atoms with Crippen molar-refractivity contribution in [3.8, 4) is 0 Å². The van der Waals surface area contributed by atoms with Gasteiger partial charge < -0.3 is 10.2 Å². The standard InChI is InChI=1S/C34H26N2O3/c1-21-15-17-24(18-16-21)30(37)28-29(31(38)23-10-3-2-4-11-23)36-20-19-22-9-5-6-12-25(22)32(36)34(28)26-13-7-8-14-27(26)35-33(34)39/h2-20,28-29,32H,1H3,(H,35,39)/t28-,29+,32-,34+/m0/s1. The first-order valence-electron chi connectivity index (χ1n) is 13.2. The molecule has 7 rings (SSSR count). The molecule has 0 unspecified atom stereocenters. The Morgan fingerprint density at radius 2 is 1.44 bits per heavy atom. The lowest BCUT2D eigenvalue weighted by Crippen LogP contribution is -2.49. The number of hydrogen-bond donors (Lipinski definition) is 1. The topological polar surface area (TPSA) is 66.5 Å². The van der Waals surface area contributed by atoms with Crippen LogP contribution in [0.25, 0.3) is 6.08 Å². The number of amides is 1. The Morgan fingerprint density at radius 1 is 0.769 bits per heavy atom. The maximum atomic E-state index is 14.7. The van der Waals surface area contributed by atoms with Crippen molar-refractivity contribution in [2.45, 2.75) is 24.4 Å². The van der Waals surface area contributed by atoms with Crippen molar-refractivity contribution in [2.24, 2.45) is 5.92 Å². The molecule has 190 valence electrons. The second-order valence-electron chi connectivity index (χ2n) is 10.5. The number of rotatable bonds is 4. The second-order valence-corrected chi connectivity index (χ2v) is 10.5. The molecule has 1 spiro atoms. The second kappa shape index (κ2) is 8.63. The Hall–Kier alpha value is -4.77. The molecule has 3 aliphatic rings. The summed E-state index contributed by atoms with van der Waals surface area (Å²) < 4.78 is 0. The van der Waals surface area contributed by atoms with Crippen molar-refractivity contribution >= 4 is 29.2 Å². The van der Waals surface area contributed by atoms with Crippen LogP contribution in [0.15, 0.2) is 109 Å². The lowest BCUT2D eigenvalue weighted by Gasteiger charge is -2.38. The molecule has 0 bridgehead atoms. The molecule has 0 radical (unpaired) electrons. The van der Waals surface area contributed by atoms with Gasteiger partial charge in [-0.3, -0.25) is 14.4 Å². The smallest absolute Gasteiger partial charge is 0.238 e. The van der Waals surface area contributed by atoms with E-state index in [1.54, 1.807) is 24.3 Å². The van der Waals surface area contributed by atoms with E-state index in [9.17, 15) is 14.4 Å². The number of nitrogens with zero attached hydrogens (tertiary/aromatic N) is 1. The predicted octanol–water partition coefficient (Wildman–Crippen LogP) is 5.98. The fourth-order valence-corrected chi connectivity index (χ4v) is 6.84. The SMILES string of the molecule is Cc1ccc(C(=O)[C@@H]2[C@H](C(=O)c3ccccc3)N3C=Cc4ccccc4[C@H]3[C@]23C(=O)Nc2ccccc23)cc1. The van der Waals surface area contributed by atoms with Crippen molar-refractivity contribution in [3.05, 3.63) is 143 Å². The molecule has 4 aromatic rings. The van der Waals surface area contributed by atoms with Crippen LogP contribution < -0.4 is 5.32 Å². The summed E-state index contributed by atoms with van der Waals surface area (Å²) >= 11 is 0. The van der Waals surface area contributed by atoms with E-state index < -0.39 is 23.4 Å². The summed E-state index contributed by atoms with van der Waals surface area (Å²) in [7, 11) is 0. The number of Topliss-reactive ketones (excluding diaryl/α,β-unsaturated/α-hetero) is 2. The van der Waals surface area contributed by atoms with E-state index in [0.29, 0.717) is 16.8 Å². The molecule has 0 aromatic heterocycles. The third-order valence-electron chi connectivity index (χ3n) is 8.52. The summed E-state index contributed by atoms with van der Waals surface area (Å²) in [5, 5.41) is 3.09. The molecule has 1 saturated heterocycles. The van der Waals surface area contributed by atoms with Crippen LogP contribution in [-0.4, -0.2) is 28.4 Å². The van der Waals surface area contributed by atoms with Crippen LogP contribution in [-0.2, 0) is 10.2 Å². The van der Waals surface area contributed by atoms with Gasteiger partial charge in [-0.2, -0.15) is 0 Å². The highest BCUT2D eigenvalue weighted by atomic mass is 16.2. The number of aryl methyl sites for hydroxylation is 1. The molecule has 1 amide bonds. The van der Waals surface area contributed by atoms with Crippen molar-refractivity contribution in [1.29, 1.82) is 0 Å². The average molecular weight is 511 g/mol. The fourth-order valence-electron chi connectivity index (χ4n) is 6.84. The monoisotopic (exact) mass is 510 g/mol. The number of carbonyl (C=O) groups is 3. The van der Waals surface area contributed by atoms with Crippen LogP contribution in [0.2, 0.25) is 0 Å². The molecule has 0 saturated carbocycles. The molecule has 3 heterocycles. The maximum absolute atomic E-state index is 14.7. The van der Waals surface area contributed by atoms with E-state index in [0.717, 1.165) is 22.3 Å². The number of hydrogen-bond acceptors (Lipinski definition) is 4. The molecule has 5 heteroatoms. The minimum atomic E-state index is -1.31. The van der Waals surface area contributed by atoms with Gasteiger partial charge in [0.15, 0.2) is 11.6 Å². The van der Waals surface area contributed by atoms with Gasteiger partial charge in [0.25, 0.3) is 0 Å². The molecule has 1 fully saturated rings. The van der Waals surface area contributed by atoms with Crippen molar-refractivity contribution in [3.63, 3.8) is 0 Å². The lowest BCUT2D eigenvalue weighted by molar-refractivity contribution is -0.122. The Morgan fingerprint density at radius 3 is 2.23 bits per heavy atom. The van der Waals surface area contributed by atoms with Gasteiger partial charge in [0, 0.05) is 23.0 Å².